The van der Waals surface area contributed by atoms with Gasteiger partial charge in [0.1, 0.15) is 0 Å². The Balaban J connectivity index is 2.11. The normalized spacial score (nSPS) is 17.9. The molecule has 1 aromatic heterocycles. The Kier molecular flexibility index (Phi) is 1.94. The van der Waals surface area contributed by atoms with Crippen LogP contribution in [0.25, 0.3) is 11.1 Å². The van der Waals surface area contributed by atoms with E-state index in [9.17, 15) is 4.79 Å². The summed E-state index contributed by atoms with van der Waals surface area (Å²) in [6.45, 7) is 0. The van der Waals surface area contributed by atoms with Gasteiger partial charge in [-0.3, -0.25) is 4.57 Å². The predicted octanol–water partition coefficient (Wildman–Crippen LogP) is 1.54. The van der Waals surface area contributed by atoms with E-state index in [0.29, 0.717) is 11.5 Å². The van der Waals surface area contributed by atoms with Gasteiger partial charge in [0, 0.05) is 13.1 Å². The lowest BCUT2D eigenvalue weighted by molar-refractivity contribution is 0.527. The lowest BCUT2D eigenvalue weighted by Gasteiger charge is -2.09. The van der Waals surface area contributed by atoms with Gasteiger partial charge in [-0.1, -0.05) is 6.07 Å². The maximum Gasteiger partial charge on any atom is 0.419 e. The van der Waals surface area contributed by atoms with Crippen LogP contribution < -0.4 is 11.5 Å². The highest BCUT2D eigenvalue weighted by molar-refractivity contribution is 5.73. The SMILES string of the molecule is Cn1c(=O)oc2cc(C(N)C3CC3)ccc21. The second kappa shape index (κ2) is 3.22. The molecule has 16 heavy (non-hydrogen) atoms. The first-order chi connectivity index (χ1) is 7.66. The van der Waals surface area contributed by atoms with Crippen LogP contribution in [0.4, 0.5) is 0 Å². The van der Waals surface area contributed by atoms with E-state index in [4.69, 9.17) is 10.2 Å². The summed E-state index contributed by atoms with van der Waals surface area (Å²) < 4.78 is 6.64. The van der Waals surface area contributed by atoms with Crippen LogP contribution in [0.1, 0.15) is 24.4 Å². The summed E-state index contributed by atoms with van der Waals surface area (Å²) in [5.74, 6) is 0.278. The number of fused-ring (bicyclic) bond motifs is 1. The summed E-state index contributed by atoms with van der Waals surface area (Å²) >= 11 is 0. The van der Waals surface area contributed by atoms with E-state index in [1.807, 2.05) is 18.2 Å². The predicted molar refractivity (Wildman–Crippen MR) is 61.1 cm³/mol. The molecule has 3 rings (SSSR count). The minimum absolute atomic E-state index is 0.0786. The molecule has 2 aromatic rings. The molecule has 4 nitrogen and oxygen atoms in total. The van der Waals surface area contributed by atoms with Crippen LogP contribution in [0.2, 0.25) is 0 Å². The van der Waals surface area contributed by atoms with Gasteiger partial charge >= 0.3 is 5.76 Å². The first-order valence-electron chi connectivity index (χ1n) is 5.52. The molecule has 1 aliphatic rings. The highest BCUT2D eigenvalue weighted by Gasteiger charge is 2.29. The third-order valence-corrected chi connectivity index (χ3v) is 3.33. The zero-order valence-electron chi connectivity index (χ0n) is 9.14. The molecule has 0 amide bonds. The lowest BCUT2D eigenvalue weighted by atomic mass is 10.0. The Hall–Kier alpha value is -1.55. The number of aromatic nitrogens is 1. The van der Waals surface area contributed by atoms with Gasteiger partial charge < -0.3 is 10.2 Å². The van der Waals surface area contributed by atoms with Gasteiger partial charge in [0.25, 0.3) is 0 Å². The topological polar surface area (TPSA) is 61.2 Å². The van der Waals surface area contributed by atoms with Crippen LogP contribution in [0.15, 0.2) is 27.4 Å². The minimum atomic E-state index is -0.327. The van der Waals surface area contributed by atoms with Gasteiger partial charge in [-0.2, -0.15) is 0 Å². The van der Waals surface area contributed by atoms with Crippen molar-refractivity contribution in [3.05, 3.63) is 34.3 Å². The second-order valence-corrected chi connectivity index (χ2v) is 4.52. The van der Waals surface area contributed by atoms with Crippen LogP contribution in [0.5, 0.6) is 0 Å². The van der Waals surface area contributed by atoms with Crippen molar-refractivity contribution in [3.63, 3.8) is 0 Å². The number of nitrogens with two attached hydrogens (primary N) is 1. The summed E-state index contributed by atoms with van der Waals surface area (Å²) in [4.78, 5) is 11.3. The van der Waals surface area contributed by atoms with Crippen molar-refractivity contribution in [1.29, 1.82) is 0 Å². The van der Waals surface area contributed by atoms with Crippen LogP contribution in [0.3, 0.4) is 0 Å². The van der Waals surface area contributed by atoms with E-state index in [1.165, 1.54) is 17.4 Å². The average molecular weight is 218 g/mol. The smallest absolute Gasteiger partial charge is 0.408 e. The largest absolute Gasteiger partial charge is 0.419 e. The van der Waals surface area contributed by atoms with E-state index in [0.717, 1.165) is 11.1 Å². The molecule has 2 N–H and O–H groups in total. The van der Waals surface area contributed by atoms with E-state index in [-0.39, 0.29) is 11.8 Å². The molecule has 1 aliphatic carbocycles. The molecular weight excluding hydrogens is 204 g/mol. The van der Waals surface area contributed by atoms with Crippen molar-refractivity contribution >= 4 is 11.1 Å². The molecule has 0 bridgehead atoms. The van der Waals surface area contributed by atoms with Crippen LogP contribution >= 0.6 is 0 Å². The number of oxazole rings is 1. The fraction of sp³-hybridized carbons (Fsp3) is 0.417. The van der Waals surface area contributed by atoms with E-state index < -0.39 is 0 Å². The number of hydrogen-bond acceptors (Lipinski definition) is 3. The quantitative estimate of drug-likeness (QED) is 0.831. The van der Waals surface area contributed by atoms with Crippen molar-refractivity contribution in [2.75, 3.05) is 0 Å². The van der Waals surface area contributed by atoms with E-state index in [1.54, 1.807) is 7.05 Å². The van der Waals surface area contributed by atoms with Gasteiger partial charge in [0.15, 0.2) is 5.58 Å². The summed E-state index contributed by atoms with van der Waals surface area (Å²) in [5.41, 5.74) is 8.61. The van der Waals surface area contributed by atoms with Gasteiger partial charge in [0.05, 0.1) is 5.52 Å². The molecule has 0 spiro atoms. The molecule has 0 radical (unpaired) electrons. The second-order valence-electron chi connectivity index (χ2n) is 4.52. The van der Waals surface area contributed by atoms with Gasteiger partial charge in [0.2, 0.25) is 0 Å². The zero-order valence-corrected chi connectivity index (χ0v) is 9.14. The number of aryl methyl sites for hydroxylation is 1. The number of rotatable bonds is 2. The molecular formula is C12H14N2O2. The monoisotopic (exact) mass is 218 g/mol. The third-order valence-electron chi connectivity index (χ3n) is 3.33. The maximum absolute atomic E-state index is 11.3. The van der Waals surface area contributed by atoms with Crippen LogP contribution in [-0.2, 0) is 7.05 Å². The Morgan fingerprint density at radius 2 is 2.25 bits per heavy atom. The van der Waals surface area contributed by atoms with Crippen molar-refractivity contribution in [2.24, 2.45) is 18.7 Å². The van der Waals surface area contributed by atoms with Gasteiger partial charge in [-0.25, -0.2) is 4.79 Å². The van der Waals surface area contributed by atoms with E-state index >= 15 is 0 Å². The Bertz CT molecular complexity index is 593. The molecule has 1 fully saturated rings. The Morgan fingerprint density at radius 3 is 2.94 bits per heavy atom. The highest BCUT2D eigenvalue weighted by atomic mass is 16.4. The van der Waals surface area contributed by atoms with Crippen LogP contribution in [0, 0.1) is 5.92 Å². The first-order valence-corrected chi connectivity index (χ1v) is 5.52. The molecule has 1 atom stereocenters. The summed E-state index contributed by atoms with van der Waals surface area (Å²) in [5, 5.41) is 0. The number of benzene rings is 1. The molecule has 1 unspecified atom stereocenters. The van der Waals surface area contributed by atoms with Gasteiger partial charge in [-0.05, 0) is 36.5 Å². The molecule has 84 valence electrons. The van der Waals surface area contributed by atoms with E-state index in [2.05, 4.69) is 0 Å². The van der Waals surface area contributed by atoms with Crippen molar-refractivity contribution < 1.29 is 4.42 Å². The molecule has 1 heterocycles. The van der Waals surface area contributed by atoms with Crippen LogP contribution in [-0.4, -0.2) is 4.57 Å². The molecule has 0 saturated heterocycles. The molecule has 1 saturated carbocycles. The van der Waals surface area contributed by atoms with Crippen molar-refractivity contribution in [3.8, 4) is 0 Å². The molecule has 4 heteroatoms. The lowest BCUT2D eigenvalue weighted by Crippen LogP contribution is -2.12. The Labute approximate surface area is 92.7 Å². The first kappa shape index (κ1) is 9.66. The van der Waals surface area contributed by atoms with Crippen molar-refractivity contribution in [2.45, 2.75) is 18.9 Å². The van der Waals surface area contributed by atoms with Gasteiger partial charge in [-0.15, -0.1) is 0 Å². The number of nitrogens with zero attached hydrogens (tertiary/aromatic N) is 1. The fourth-order valence-electron chi connectivity index (χ4n) is 2.09. The summed E-state index contributed by atoms with van der Waals surface area (Å²) in [7, 11) is 1.70. The Morgan fingerprint density at radius 1 is 1.50 bits per heavy atom. The standard InChI is InChI=1S/C12H14N2O2/c1-14-9-5-4-8(11(13)7-2-3-7)6-10(9)16-12(14)15/h4-7,11H,2-3,13H2,1H3. The average Bonchev–Trinajstić information content (AvgIpc) is 3.07. The highest BCUT2D eigenvalue weighted by Crippen LogP contribution is 2.39. The fourth-order valence-corrected chi connectivity index (χ4v) is 2.09. The van der Waals surface area contributed by atoms with Crippen molar-refractivity contribution in [1.82, 2.24) is 4.57 Å². The third kappa shape index (κ3) is 1.38. The summed E-state index contributed by atoms with van der Waals surface area (Å²) in [6, 6.07) is 5.85. The zero-order chi connectivity index (χ0) is 11.3. The molecule has 0 aliphatic heterocycles. The number of hydrogen-bond donors (Lipinski definition) is 1. The minimum Gasteiger partial charge on any atom is -0.408 e. The maximum atomic E-state index is 11.3. The summed E-state index contributed by atoms with van der Waals surface area (Å²) in [6.07, 6.45) is 2.41. The molecule has 1 aromatic carbocycles.